The maximum Gasteiger partial charge on any atom is 0.276 e. The van der Waals surface area contributed by atoms with Gasteiger partial charge in [0.2, 0.25) is 0 Å². The van der Waals surface area contributed by atoms with Gasteiger partial charge in [-0.1, -0.05) is 25.5 Å². The van der Waals surface area contributed by atoms with Gasteiger partial charge in [-0.15, -0.1) is 0 Å². The van der Waals surface area contributed by atoms with E-state index in [1.165, 1.54) is 31.4 Å². The van der Waals surface area contributed by atoms with Crippen LogP contribution in [0.15, 0.2) is 30.3 Å². The topological polar surface area (TPSA) is 61.0 Å². The average molecular weight is 326 g/mol. The highest BCUT2D eigenvalue weighted by Crippen LogP contribution is 2.20. The molecular formula is C19H26N4O. The summed E-state index contributed by atoms with van der Waals surface area (Å²) in [5, 5.41) is 9.81. The van der Waals surface area contributed by atoms with Crippen LogP contribution >= 0.6 is 0 Å². The van der Waals surface area contributed by atoms with E-state index in [1.54, 1.807) is 6.07 Å². The largest absolute Gasteiger partial charge is 0.321 e. The first-order valence-electron chi connectivity index (χ1n) is 8.84. The van der Waals surface area contributed by atoms with Gasteiger partial charge in [0.25, 0.3) is 5.91 Å². The molecule has 1 unspecified atom stereocenters. The molecule has 2 heterocycles. The lowest BCUT2D eigenvalue weighted by Gasteiger charge is -2.33. The number of aryl methyl sites for hydroxylation is 1. The van der Waals surface area contributed by atoms with Crippen LogP contribution in [0.25, 0.3) is 0 Å². The van der Waals surface area contributed by atoms with Gasteiger partial charge in [-0.2, -0.15) is 5.10 Å². The molecule has 0 bridgehead atoms. The summed E-state index contributed by atoms with van der Waals surface area (Å²) in [4.78, 5) is 14.7. The Bertz CT molecular complexity index is 677. The van der Waals surface area contributed by atoms with Crippen LogP contribution in [0.4, 0.5) is 5.69 Å². The number of hydrogen-bond acceptors (Lipinski definition) is 3. The van der Waals surface area contributed by atoms with E-state index in [1.807, 2.05) is 19.1 Å². The maximum absolute atomic E-state index is 12.2. The van der Waals surface area contributed by atoms with E-state index >= 15 is 0 Å². The van der Waals surface area contributed by atoms with Crippen molar-refractivity contribution < 1.29 is 4.79 Å². The third kappa shape index (κ3) is 4.03. The zero-order valence-corrected chi connectivity index (χ0v) is 14.5. The lowest BCUT2D eigenvalue weighted by Crippen LogP contribution is -2.36. The van der Waals surface area contributed by atoms with Crippen molar-refractivity contribution in [2.24, 2.45) is 0 Å². The quantitative estimate of drug-likeness (QED) is 0.882. The van der Waals surface area contributed by atoms with Gasteiger partial charge in [-0.3, -0.25) is 14.8 Å². The van der Waals surface area contributed by atoms with Crippen LogP contribution in [0.5, 0.6) is 0 Å². The molecule has 2 aromatic rings. The fourth-order valence-corrected chi connectivity index (χ4v) is 3.17. The minimum Gasteiger partial charge on any atom is -0.321 e. The zero-order valence-electron chi connectivity index (χ0n) is 14.5. The first-order chi connectivity index (χ1) is 11.7. The van der Waals surface area contributed by atoms with E-state index in [-0.39, 0.29) is 5.91 Å². The zero-order chi connectivity index (χ0) is 16.9. The Kier molecular flexibility index (Phi) is 5.30. The van der Waals surface area contributed by atoms with Crippen LogP contribution < -0.4 is 5.32 Å². The Hall–Kier alpha value is -2.14. The second kappa shape index (κ2) is 7.62. The lowest BCUT2D eigenvalue weighted by molar-refractivity contribution is 0.102. The number of amides is 1. The molecule has 1 aromatic heterocycles. The number of hydrogen-bond donors (Lipinski definition) is 2. The van der Waals surface area contributed by atoms with Gasteiger partial charge in [0.05, 0.1) is 0 Å². The molecule has 128 valence electrons. The molecule has 1 aliphatic rings. The summed E-state index contributed by atoms with van der Waals surface area (Å²) >= 11 is 0. The van der Waals surface area contributed by atoms with E-state index < -0.39 is 0 Å². The van der Waals surface area contributed by atoms with E-state index in [4.69, 9.17) is 0 Å². The molecule has 5 nitrogen and oxygen atoms in total. The highest BCUT2D eigenvalue weighted by atomic mass is 16.1. The predicted octanol–water partition coefficient (Wildman–Crippen LogP) is 3.60. The highest BCUT2D eigenvalue weighted by Gasteiger charge is 2.18. The molecule has 0 saturated carbocycles. The third-order valence-corrected chi connectivity index (χ3v) is 4.78. The number of aromatic nitrogens is 2. The second-order valence-corrected chi connectivity index (χ2v) is 6.60. The number of aromatic amines is 1. The van der Waals surface area contributed by atoms with Crippen molar-refractivity contribution >= 4 is 11.6 Å². The van der Waals surface area contributed by atoms with E-state index in [9.17, 15) is 4.79 Å². The number of carbonyl (C=O) groups is 1. The first kappa shape index (κ1) is 16.7. The van der Waals surface area contributed by atoms with E-state index in [0.29, 0.717) is 11.7 Å². The number of piperidine rings is 1. The van der Waals surface area contributed by atoms with Gasteiger partial charge in [-0.25, -0.2) is 0 Å². The van der Waals surface area contributed by atoms with Gasteiger partial charge in [0.1, 0.15) is 0 Å². The number of benzene rings is 1. The predicted molar refractivity (Wildman–Crippen MR) is 96.1 cm³/mol. The summed E-state index contributed by atoms with van der Waals surface area (Å²) in [6.07, 6.45) is 4.76. The van der Waals surface area contributed by atoms with Crippen molar-refractivity contribution in [3.05, 3.63) is 47.3 Å². The molecular weight excluding hydrogens is 300 g/mol. The molecule has 1 atom stereocenters. The minimum atomic E-state index is -0.177. The summed E-state index contributed by atoms with van der Waals surface area (Å²) in [7, 11) is 0. The molecule has 24 heavy (non-hydrogen) atoms. The number of anilines is 1. The molecule has 1 fully saturated rings. The summed E-state index contributed by atoms with van der Waals surface area (Å²) in [5.74, 6) is -0.177. The van der Waals surface area contributed by atoms with Gasteiger partial charge < -0.3 is 5.32 Å². The number of H-pyrrole nitrogens is 1. The monoisotopic (exact) mass is 326 g/mol. The van der Waals surface area contributed by atoms with Crippen LogP contribution in [-0.2, 0) is 13.0 Å². The first-order valence-corrected chi connectivity index (χ1v) is 8.84. The fourth-order valence-electron chi connectivity index (χ4n) is 3.17. The molecule has 1 amide bonds. The molecule has 2 N–H and O–H groups in total. The summed E-state index contributed by atoms with van der Waals surface area (Å²) in [5.41, 5.74) is 3.48. The van der Waals surface area contributed by atoms with Crippen molar-refractivity contribution in [1.82, 2.24) is 15.1 Å². The Morgan fingerprint density at radius 2 is 2.12 bits per heavy atom. The molecule has 0 aliphatic carbocycles. The van der Waals surface area contributed by atoms with Gasteiger partial charge in [0, 0.05) is 24.0 Å². The minimum absolute atomic E-state index is 0.177. The van der Waals surface area contributed by atoms with Gasteiger partial charge >= 0.3 is 0 Å². The third-order valence-electron chi connectivity index (χ3n) is 4.78. The molecule has 0 spiro atoms. The lowest BCUT2D eigenvalue weighted by atomic mass is 10.0. The van der Waals surface area contributed by atoms with Gasteiger partial charge in [0.15, 0.2) is 5.69 Å². The second-order valence-electron chi connectivity index (χ2n) is 6.60. The van der Waals surface area contributed by atoms with E-state index in [2.05, 4.69) is 39.5 Å². The number of rotatable bonds is 5. The number of nitrogens with zero attached hydrogens (tertiary/aromatic N) is 2. The van der Waals surface area contributed by atoms with Crippen molar-refractivity contribution in [3.8, 4) is 0 Å². The molecule has 1 saturated heterocycles. The van der Waals surface area contributed by atoms with Crippen LogP contribution in [0, 0.1) is 0 Å². The smallest absolute Gasteiger partial charge is 0.276 e. The molecule has 3 rings (SSSR count). The van der Waals surface area contributed by atoms with Crippen LogP contribution in [0.2, 0.25) is 0 Å². The van der Waals surface area contributed by atoms with Crippen LogP contribution in [-0.4, -0.2) is 33.6 Å². The Morgan fingerprint density at radius 1 is 1.33 bits per heavy atom. The normalized spacial score (nSPS) is 18.5. The summed E-state index contributed by atoms with van der Waals surface area (Å²) in [6, 6.07) is 10.6. The molecule has 0 radical (unpaired) electrons. The summed E-state index contributed by atoms with van der Waals surface area (Å²) in [6.45, 7) is 6.49. The van der Waals surface area contributed by atoms with Gasteiger partial charge in [-0.05, 0) is 56.5 Å². The molecule has 1 aromatic carbocycles. The maximum atomic E-state index is 12.2. The SMILES string of the molecule is CCc1cc(C(=O)Nc2ccc(CN3CCCCC3C)cc2)n[nH]1. The number of likely N-dealkylation sites (tertiary alicyclic amines) is 1. The van der Waals surface area contributed by atoms with Crippen molar-refractivity contribution in [3.63, 3.8) is 0 Å². The Balaban J connectivity index is 1.58. The highest BCUT2D eigenvalue weighted by molar-refractivity contribution is 6.02. The number of carbonyl (C=O) groups excluding carboxylic acids is 1. The van der Waals surface area contributed by atoms with Crippen molar-refractivity contribution in [1.29, 1.82) is 0 Å². The average Bonchev–Trinajstić information content (AvgIpc) is 3.08. The van der Waals surface area contributed by atoms with Crippen molar-refractivity contribution in [2.75, 3.05) is 11.9 Å². The molecule has 5 heteroatoms. The summed E-state index contributed by atoms with van der Waals surface area (Å²) < 4.78 is 0. The Morgan fingerprint density at radius 3 is 2.79 bits per heavy atom. The van der Waals surface area contributed by atoms with Crippen LogP contribution in [0.1, 0.15) is 54.9 Å². The van der Waals surface area contributed by atoms with E-state index in [0.717, 1.165) is 24.3 Å². The fraction of sp³-hybridized carbons (Fsp3) is 0.474. The Labute approximate surface area is 143 Å². The van der Waals surface area contributed by atoms with Crippen molar-refractivity contribution in [2.45, 2.75) is 52.1 Å². The number of nitrogens with one attached hydrogen (secondary N) is 2. The van der Waals surface area contributed by atoms with Crippen LogP contribution in [0.3, 0.4) is 0 Å². The molecule has 1 aliphatic heterocycles. The standard InChI is InChI=1S/C19H26N4O/c1-3-16-12-18(22-21-16)19(24)20-17-9-7-15(8-10-17)13-23-11-5-4-6-14(23)2/h7-10,12,14H,3-6,11,13H2,1-2H3,(H,20,24)(H,21,22).